The normalized spacial score (nSPS) is 25.7. The van der Waals surface area contributed by atoms with Crippen LogP contribution in [0.5, 0.6) is 0 Å². The summed E-state index contributed by atoms with van der Waals surface area (Å²) in [6.07, 6.45) is 2.91. The fraction of sp³-hybridized carbons (Fsp3) is 0.579. The van der Waals surface area contributed by atoms with Crippen LogP contribution < -0.4 is 0 Å². The van der Waals surface area contributed by atoms with E-state index < -0.39 is 0 Å². The molecule has 1 saturated heterocycles. The number of rotatable bonds is 4. The smallest absolute Gasteiger partial charge is 0.309 e. The molecule has 124 valence electrons. The lowest BCUT2D eigenvalue weighted by atomic mass is 9.98. The Balaban J connectivity index is 1.50. The predicted octanol–water partition coefficient (Wildman–Crippen LogP) is 3.13. The second-order valence-electron chi connectivity index (χ2n) is 7.50. The second kappa shape index (κ2) is 6.34. The highest BCUT2D eigenvalue weighted by molar-refractivity contribution is 5.94. The van der Waals surface area contributed by atoms with Crippen molar-refractivity contribution in [2.75, 3.05) is 19.7 Å². The number of benzene rings is 1. The third-order valence-electron chi connectivity index (χ3n) is 5.09. The van der Waals surface area contributed by atoms with E-state index in [1.807, 2.05) is 35.2 Å². The Bertz CT molecular complexity index is 582. The molecule has 4 nitrogen and oxygen atoms in total. The monoisotopic (exact) mass is 315 g/mol. The number of piperidine rings is 1. The molecule has 1 aromatic carbocycles. The molecule has 1 aromatic rings. The summed E-state index contributed by atoms with van der Waals surface area (Å²) in [5.41, 5.74) is 0.837. The minimum atomic E-state index is -0.0680. The molecule has 0 N–H and O–H groups in total. The Labute approximate surface area is 137 Å². The minimum absolute atomic E-state index is 0.0631. The van der Waals surface area contributed by atoms with E-state index in [9.17, 15) is 9.59 Å². The minimum Gasteiger partial charge on any atom is -0.465 e. The molecule has 0 aromatic heterocycles. The van der Waals surface area contributed by atoms with Crippen LogP contribution in [-0.2, 0) is 9.53 Å². The van der Waals surface area contributed by atoms with Gasteiger partial charge in [0.25, 0.3) is 5.91 Å². The van der Waals surface area contributed by atoms with Crippen molar-refractivity contribution >= 4 is 11.9 Å². The van der Waals surface area contributed by atoms with E-state index in [1.54, 1.807) is 0 Å². The number of amides is 1. The SMILES string of the molecule is CC1(C)C[C@H]1C(=O)OC[C@@H]1CCCN(C(=O)c2ccccc2)C1. The molecule has 1 saturated carbocycles. The van der Waals surface area contributed by atoms with Gasteiger partial charge in [-0.05, 0) is 36.8 Å². The number of ether oxygens (including phenoxy) is 1. The third-order valence-corrected chi connectivity index (χ3v) is 5.09. The molecule has 4 heteroatoms. The topological polar surface area (TPSA) is 46.6 Å². The number of likely N-dealkylation sites (tertiary alicyclic amines) is 1. The number of carbonyl (C=O) groups excluding carboxylic acids is 2. The van der Waals surface area contributed by atoms with E-state index in [2.05, 4.69) is 13.8 Å². The molecular weight excluding hydrogens is 290 g/mol. The van der Waals surface area contributed by atoms with Crippen LogP contribution in [-0.4, -0.2) is 36.5 Å². The van der Waals surface area contributed by atoms with Crippen molar-refractivity contribution in [3.05, 3.63) is 35.9 Å². The number of nitrogens with zero attached hydrogens (tertiary/aromatic N) is 1. The average molecular weight is 315 g/mol. The van der Waals surface area contributed by atoms with Crippen molar-refractivity contribution in [2.45, 2.75) is 33.1 Å². The predicted molar refractivity (Wildman–Crippen MR) is 87.9 cm³/mol. The zero-order valence-electron chi connectivity index (χ0n) is 14.0. The van der Waals surface area contributed by atoms with Gasteiger partial charge in [0.15, 0.2) is 0 Å². The Hall–Kier alpha value is -1.84. The van der Waals surface area contributed by atoms with Crippen LogP contribution in [0.25, 0.3) is 0 Å². The lowest BCUT2D eigenvalue weighted by molar-refractivity contribution is -0.147. The molecule has 2 aliphatic rings. The zero-order chi connectivity index (χ0) is 16.4. The zero-order valence-corrected chi connectivity index (χ0v) is 14.0. The lowest BCUT2D eigenvalue weighted by Crippen LogP contribution is -2.41. The van der Waals surface area contributed by atoms with Gasteiger partial charge in [-0.1, -0.05) is 32.0 Å². The maximum Gasteiger partial charge on any atom is 0.309 e. The number of hydrogen-bond acceptors (Lipinski definition) is 3. The van der Waals surface area contributed by atoms with Gasteiger partial charge in [0, 0.05) is 24.6 Å². The van der Waals surface area contributed by atoms with E-state index in [-0.39, 0.29) is 29.1 Å². The molecule has 1 aliphatic carbocycles. The van der Waals surface area contributed by atoms with Crippen molar-refractivity contribution in [1.29, 1.82) is 0 Å². The molecule has 0 radical (unpaired) electrons. The van der Waals surface area contributed by atoms with Gasteiger partial charge in [-0.25, -0.2) is 0 Å². The van der Waals surface area contributed by atoms with Gasteiger partial charge in [-0.15, -0.1) is 0 Å². The van der Waals surface area contributed by atoms with Gasteiger partial charge in [0.1, 0.15) is 0 Å². The first-order valence-electron chi connectivity index (χ1n) is 8.48. The summed E-state index contributed by atoms with van der Waals surface area (Å²) in [5, 5.41) is 0. The van der Waals surface area contributed by atoms with Gasteiger partial charge in [0.2, 0.25) is 0 Å². The van der Waals surface area contributed by atoms with Gasteiger partial charge in [-0.2, -0.15) is 0 Å². The van der Waals surface area contributed by atoms with Crippen LogP contribution in [0.1, 0.15) is 43.5 Å². The Morgan fingerprint density at radius 2 is 1.96 bits per heavy atom. The Kier molecular flexibility index (Phi) is 4.42. The standard InChI is InChI=1S/C19H25NO3/c1-19(2)11-16(19)18(22)23-13-14-7-6-10-20(12-14)17(21)15-8-4-3-5-9-15/h3-5,8-9,14,16H,6-7,10-13H2,1-2H3/t14-,16+/m1/s1. The first-order chi connectivity index (χ1) is 11.0. The largest absolute Gasteiger partial charge is 0.465 e. The van der Waals surface area contributed by atoms with Crippen LogP contribution >= 0.6 is 0 Å². The van der Waals surface area contributed by atoms with Crippen molar-refractivity contribution in [1.82, 2.24) is 4.90 Å². The summed E-state index contributed by atoms with van der Waals surface area (Å²) in [6, 6.07) is 9.37. The second-order valence-corrected chi connectivity index (χ2v) is 7.50. The third kappa shape index (κ3) is 3.74. The quantitative estimate of drug-likeness (QED) is 0.802. The van der Waals surface area contributed by atoms with E-state index in [0.29, 0.717) is 13.2 Å². The van der Waals surface area contributed by atoms with Crippen molar-refractivity contribution in [3.63, 3.8) is 0 Å². The van der Waals surface area contributed by atoms with E-state index in [4.69, 9.17) is 4.74 Å². The summed E-state index contributed by atoms with van der Waals surface area (Å²) in [4.78, 5) is 26.4. The van der Waals surface area contributed by atoms with Crippen LogP contribution in [0.4, 0.5) is 0 Å². The first-order valence-corrected chi connectivity index (χ1v) is 8.48. The molecule has 2 atom stereocenters. The summed E-state index contributed by atoms with van der Waals surface area (Å²) in [5.74, 6) is 0.321. The maximum atomic E-state index is 12.5. The van der Waals surface area contributed by atoms with Crippen molar-refractivity contribution < 1.29 is 14.3 Å². The molecule has 1 heterocycles. The Morgan fingerprint density at radius 3 is 2.61 bits per heavy atom. The van der Waals surface area contributed by atoms with E-state index in [0.717, 1.165) is 31.4 Å². The average Bonchev–Trinajstić information content (AvgIpc) is 3.22. The molecule has 0 unspecified atom stereocenters. The highest BCUT2D eigenvalue weighted by Crippen LogP contribution is 2.52. The lowest BCUT2D eigenvalue weighted by Gasteiger charge is -2.32. The maximum absolute atomic E-state index is 12.5. The summed E-state index contributed by atoms with van der Waals surface area (Å²) in [6.45, 7) is 6.09. The number of esters is 1. The molecule has 2 fully saturated rings. The van der Waals surface area contributed by atoms with Gasteiger partial charge in [-0.3, -0.25) is 9.59 Å². The molecule has 0 spiro atoms. The molecule has 3 rings (SSSR count). The van der Waals surface area contributed by atoms with Crippen LogP contribution in [0.15, 0.2) is 30.3 Å². The van der Waals surface area contributed by atoms with Crippen molar-refractivity contribution in [3.8, 4) is 0 Å². The molecular formula is C19H25NO3. The molecule has 23 heavy (non-hydrogen) atoms. The van der Waals surface area contributed by atoms with Crippen LogP contribution in [0.3, 0.4) is 0 Å². The van der Waals surface area contributed by atoms with E-state index >= 15 is 0 Å². The fourth-order valence-corrected chi connectivity index (χ4v) is 3.32. The van der Waals surface area contributed by atoms with Crippen LogP contribution in [0.2, 0.25) is 0 Å². The molecule has 1 amide bonds. The van der Waals surface area contributed by atoms with E-state index in [1.165, 1.54) is 0 Å². The number of hydrogen-bond donors (Lipinski definition) is 0. The van der Waals surface area contributed by atoms with Gasteiger partial charge < -0.3 is 9.64 Å². The number of carbonyl (C=O) groups is 2. The summed E-state index contributed by atoms with van der Waals surface area (Å²) >= 11 is 0. The van der Waals surface area contributed by atoms with Crippen LogP contribution in [0, 0.1) is 17.3 Å². The summed E-state index contributed by atoms with van der Waals surface area (Å²) in [7, 11) is 0. The highest BCUT2D eigenvalue weighted by Gasteiger charge is 2.51. The van der Waals surface area contributed by atoms with Gasteiger partial charge >= 0.3 is 5.97 Å². The molecule has 1 aliphatic heterocycles. The molecule has 0 bridgehead atoms. The van der Waals surface area contributed by atoms with Gasteiger partial charge in [0.05, 0.1) is 12.5 Å². The highest BCUT2D eigenvalue weighted by atomic mass is 16.5. The fourth-order valence-electron chi connectivity index (χ4n) is 3.32. The van der Waals surface area contributed by atoms with Crippen molar-refractivity contribution in [2.24, 2.45) is 17.3 Å². The Morgan fingerprint density at radius 1 is 1.26 bits per heavy atom. The first kappa shape index (κ1) is 16.0. The summed E-state index contributed by atoms with van der Waals surface area (Å²) < 4.78 is 5.50.